The van der Waals surface area contributed by atoms with Crippen molar-refractivity contribution in [3.05, 3.63) is 12.2 Å². The quantitative estimate of drug-likeness (QED) is 0.374. The number of rotatable bonds is 1. The maximum atomic E-state index is 11.5. The monoisotopic (exact) mass is 216 g/mol. The van der Waals surface area contributed by atoms with Gasteiger partial charge in [0.1, 0.15) is 0 Å². The number of hydrogen-bond acceptors (Lipinski definition) is 2. The van der Waals surface area contributed by atoms with Gasteiger partial charge in [-0.15, -0.1) is 0 Å². The average molecular weight is 217 g/mol. The van der Waals surface area contributed by atoms with Crippen LogP contribution in [-0.4, -0.2) is 47.3 Å². The Kier molecular flexibility index (Phi) is 3.52. The largest absolute Gasteiger partial charge is 0.335 e. The van der Waals surface area contributed by atoms with E-state index in [9.17, 15) is 9.59 Å². The van der Waals surface area contributed by atoms with E-state index in [4.69, 9.17) is 11.6 Å². The van der Waals surface area contributed by atoms with E-state index < -0.39 is 5.37 Å². The topological polar surface area (TPSA) is 40.6 Å². The molecule has 0 aromatic heterocycles. The molecule has 1 rings (SSSR count). The first kappa shape index (κ1) is 11.0. The minimum atomic E-state index is -0.451. The molecule has 0 aliphatic carbocycles. The Morgan fingerprint density at radius 1 is 1.14 bits per heavy atom. The molecule has 0 radical (unpaired) electrons. The molecule has 0 unspecified atom stereocenters. The van der Waals surface area contributed by atoms with E-state index in [1.54, 1.807) is 11.8 Å². The molecule has 0 aromatic rings. The SMILES string of the molecule is C=C(C)C(=O)N1CCN(C(=O)Cl)CC1. The summed E-state index contributed by atoms with van der Waals surface area (Å²) in [4.78, 5) is 25.4. The maximum Gasteiger partial charge on any atom is 0.316 e. The van der Waals surface area contributed by atoms with Gasteiger partial charge in [0.15, 0.2) is 0 Å². The second-order valence-corrected chi connectivity index (χ2v) is 3.64. The smallest absolute Gasteiger partial charge is 0.316 e. The molecular formula is C9H13ClN2O2. The molecule has 4 nitrogen and oxygen atoms in total. The predicted molar refractivity (Wildman–Crippen MR) is 54.2 cm³/mol. The predicted octanol–water partition coefficient (Wildman–Crippen LogP) is 1.07. The number of halogens is 1. The maximum absolute atomic E-state index is 11.5. The van der Waals surface area contributed by atoms with Gasteiger partial charge in [0.25, 0.3) is 0 Å². The zero-order chi connectivity index (χ0) is 10.7. The Morgan fingerprint density at radius 2 is 1.57 bits per heavy atom. The first-order chi connectivity index (χ1) is 6.52. The highest BCUT2D eigenvalue weighted by Crippen LogP contribution is 2.07. The van der Waals surface area contributed by atoms with Crippen LogP contribution in [0.3, 0.4) is 0 Å². The molecule has 14 heavy (non-hydrogen) atoms. The van der Waals surface area contributed by atoms with Crippen LogP contribution in [0, 0.1) is 0 Å². The zero-order valence-corrected chi connectivity index (χ0v) is 8.88. The molecule has 0 aromatic carbocycles. The van der Waals surface area contributed by atoms with Crippen molar-refractivity contribution >= 4 is 22.9 Å². The van der Waals surface area contributed by atoms with E-state index in [-0.39, 0.29) is 5.91 Å². The number of carbonyl (C=O) groups is 2. The molecule has 1 heterocycles. The van der Waals surface area contributed by atoms with Gasteiger partial charge in [0, 0.05) is 31.8 Å². The van der Waals surface area contributed by atoms with Gasteiger partial charge < -0.3 is 9.80 Å². The van der Waals surface area contributed by atoms with Crippen LogP contribution in [-0.2, 0) is 4.79 Å². The Labute approximate surface area is 88.1 Å². The fraction of sp³-hybridized carbons (Fsp3) is 0.556. The van der Waals surface area contributed by atoms with Crippen LogP contribution >= 0.6 is 11.6 Å². The average Bonchev–Trinajstić information content (AvgIpc) is 2.16. The van der Waals surface area contributed by atoms with Gasteiger partial charge in [0.05, 0.1) is 0 Å². The molecule has 1 aliphatic rings. The van der Waals surface area contributed by atoms with Crippen LogP contribution in [0.4, 0.5) is 4.79 Å². The Morgan fingerprint density at radius 3 is 1.93 bits per heavy atom. The molecule has 78 valence electrons. The minimum Gasteiger partial charge on any atom is -0.335 e. The lowest BCUT2D eigenvalue weighted by Crippen LogP contribution is -2.49. The first-order valence-electron chi connectivity index (χ1n) is 4.41. The lowest BCUT2D eigenvalue weighted by Gasteiger charge is -2.33. The minimum absolute atomic E-state index is 0.0494. The molecule has 0 atom stereocenters. The lowest BCUT2D eigenvalue weighted by atomic mass is 10.2. The molecule has 2 amide bonds. The van der Waals surface area contributed by atoms with Crippen LogP contribution in [0.1, 0.15) is 6.92 Å². The summed E-state index contributed by atoms with van der Waals surface area (Å²) in [5.74, 6) is -0.0494. The summed E-state index contributed by atoms with van der Waals surface area (Å²) in [7, 11) is 0. The van der Waals surface area contributed by atoms with Crippen LogP contribution in [0.5, 0.6) is 0 Å². The number of amides is 2. The van der Waals surface area contributed by atoms with E-state index in [1.807, 2.05) is 0 Å². The molecule has 1 saturated heterocycles. The number of nitrogens with zero attached hydrogens (tertiary/aromatic N) is 2. The summed E-state index contributed by atoms with van der Waals surface area (Å²) >= 11 is 5.31. The second kappa shape index (κ2) is 4.46. The van der Waals surface area contributed by atoms with Gasteiger partial charge in [-0.1, -0.05) is 6.58 Å². The van der Waals surface area contributed by atoms with Crippen LogP contribution in [0.25, 0.3) is 0 Å². The molecule has 5 heteroatoms. The summed E-state index contributed by atoms with van der Waals surface area (Å²) in [6.07, 6.45) is 0. The molecule has 0 N–H and O–H groups in total. The van der Waals surface area contributed by atoms with Gasteiger partial charge in [0.2, 0.25) is 5.91 Å². The second-order valence-electron chi connectivity index (χ2n) is 3.31. The fourth-order valence-electron chi connectivity index (χ4n) is 1.36. The van der Waals surface area contributed by atoms with Gasteiger partial charge in [-0.25, -0.2) is 0 Å². The fourth-order valence-corrected chi connectivity index (χ4v) is 1.52. The van der Waals surface area contributed by atoms with Gasteiger partial charge in [-0.05, 0) is 18.5 Å². The van der Waals surface area contributed by atoms with Gasteiger partial charge >= 0.3 is 5.37 Å². The Bertz CT molecular complexity index is 270. The summed E-state index contributed by atoms with van der Waals surface area (Å²) in [6.45, 7) is 7.34. The van der Waals surface area contributed by atoms with Crippen molar-refractivity contribution in [1.29, 1.82) is 0 Å². The number of piperazine rings is 1. The van der Waals surface area contributed by atoms with E-state index in [0.717, 1.165) is 0 Å². The zero-order valence-electron chi connectivity index (χ0n) is 8.12. The van der Waals surface area contributed by atoms with Crippen molar-refractivity contribution in [2.24, 2.45) is 0 Å². The van der Waals surface area contributed by atoms with Crippen molar-refractivity contribution in [1.82, 2.24) is 9.80 Å². The van der Waals surface area contributed by atoms with Crippen LogP contribution in [0.2, 0.25) is 0 Å². The van der Waals surface area contributed by atoms with E-state index in [2.05, 4.69) is 6.58 Å². The highest BCUT2D eigenvalue weighted by atomic mass is 35.5. The molecule has 1 aliphatic heterocycles. The van der Waals surface area contributed by atoms with Crippen molar-refractivity contribution in [3.8, 4) is 0 Å². The third-order valence-corrected chi connectivity index (χ3v) is 2.42. The van der Waals surface area contributed by atoms with E-state index in [1.165, 1.54) is 4.90 Å². The standard InChI is InChI=1S/C9H13ClN2O2/c1-7(2)8(13)11-3-5-12(6-4-11)9(10)14/h1,3-6H2,2H3. The molecular weight excluding hydrogens is 204 g/mol. The summed E-state index contributed by atoms with van der Waals surface area (Å²) in [6, 6.07) is 0. The van der Waals surface area contributed by atoms with Gasteiger partial charge in [-0.3, -0.25) is 9.59 Å². The normalized spacial score (nSPS) is 16.7. The van der Waals surface area contributed by atoms with Crippen molar-refractivity contribution in [2.75, 3.05) is 26.2 Å². The van der Waals surface area contributed by atoms with Crippen molar-refractivity contribution in [2.45, 2.75) is 6.92 Å². The van der Waals surface area contributed by atoms with Crippen molar-refractivity contribution < 1.29 is 9.59 Å². The summed E-state index contributed by atoms with van der Waals surface area (Å²) < 4.78 is 0. The van der Waals surface area contributed by atoms with Crippen LogP contribution in [0.15, 0.2) is 12.2 Å². The lowest BCUT2D eigenvalue weighted by molar-refractivity contribution is -0.128. The summed E-state index contributed by atoms with van der Waals surface area (Å²) in [5.41, 5.74) is 0.524. The third kappa shape index (κ3) is 2.48. The van der Waals surface area contributed by atoms with Gasteiger partial charge in [-0.2, -0.15) is 0 Å². The highest BCUT2D eigenvalue weighted by molar-refractivity contribution is 6.62. The third-order valence-electron chi connectivity index (χ3n) is 2.18. The molecule has 0 spiro atoms. The Hall–Kier alpha value is -1.03. The van der Waals surface area contributed by atoms with Crippen molar-refractivity contribution in [3.63, 3.8) is 0 Å². The number of carbonyl (C=O) groups excluding carboxylic acids is 2. The molecule has 0 saturated carbocycles. The van der Waals surface area contributed by atoms with E-state index >= 15 is 0 Å². The van der Waals surface area contributed by atoms with Crippen LogP contribution < -0.4 is 0 Å². The summed E-state index contributed by atoms with van der Waals surface area (Å²) in [5, 5.41) is -0.451. The molecule has 1 fully saturated rings. The highest BCUT2D eigenvalue weighted by Gasteiger charge is 2.22. The van der Waals surface area contributed by atoms with E-state index in [0.29, 0.717) is 31.8 Å². The first-order valence-corrected chi connectivity index (χ1v) is 4.79. The number of hydrogen-bond donors (Lipinski definition) is 0. The Balaban J connectivity index is 2.47. The molecule has 0 bridgehead atoms.